The average molecular weight is 358 g/mol. The first-order valence-corrected chi connectivity index (χ1v) is 8.80. The molecule has 138 valence electrons. The van der Waals surface area contributed by atoms with Crippen LogP contribution in [0.3, 0.4) is 0 Å². The number of amides is 1. The maximum Gasteiger partial charge on any atom is 0.257 e. The molecule has 9 heteroatoms. The van der Waals surface area contributed by atoms with Crippen LogP contribution in [0.5, 0.6) is 0 Å². The molecular formula is C17H22N6O3. The smallest absolute Gasteiger partial charge is 0.257 e. The number of hydrogen-bond donors (Lipinski definition) is 1. The van der Waals surface area contributed by atoms with Crippen LogP contribution in [0.1, 0.15) is 34.8 Å². The second-order valence-corrected chi connectivity index (χ2v) is 6.56. The van der Waals surface area contributed by atoms with Crippen molar-refractivity contribution >= 4 is 11.9 Å². The Labute approximate surface area is 151 Å². The van der Waals surface area contributed by atoms with Gasteiger partial charge in [-0.05, 0) is 13.0 Å². The Hall–Kier alpha value is -2.52. The van der Waals surface area contributed by atoms with Gasteiger partial charge in [-0.1, -0.05) is 0 Å². The number of aliphatic hydroxyl groups is 1. The zero-order chi connectivity index (χ0) is 18.1. The molecule has 0 saturated carbocycles. The molecule has 4 heterocycles. The van der Waals surface area contributed by atoms with Crippen LogP contribution in [0.4, 0.5) is 5.95 Å². The highest BCUT2D eigenvalue weighted by Crippen LogP contribution is 2.19. The van der Waals surface area contributed by atoms with Crippen LogP contribution in [0.15, 0.2) is 18.5 Å². The van der Waals surface area contributed by atoms with Gasteiger partial charge in [0.15, 0.2) is 0 Å². The molecule has 0 spiro atoms. The average Bonchev–Trinajstić information content (AvgIpc) is 3.12. The molecule has 9 nitrogen and oxygen atoms in total. The monoisotopic (exact) mass is 358 g/mol. The first-order valence-electron chi connectivity index (χ1n) is 8.80. The fourth-order valence-corrected chi connectivity index (χ4v) is 3.21. The van der Waals surface area contributed by atoms with Gasteiger partial charge in [-0.15, -0.1) is 0 Å². The van der Waals surface area contributed by atoms with E-state index in [0.29, 0.717) is 50.1 Å². The van der Waals surface area contributed by atoms with Crippen molar-refractivity contribution in [1.29, 1.82) is 0 Å². The van der Waals surface area contributed by atoms with Crippen LogP contribution in [0, 0.1) is 0 Å². The Morgan fingerprint density at radius 1 is 1.19 bits per heavy atom. The van der Waals surface area contributed by atoms with E-state index in [9.17, 15) is 9.90 Å². The lowest BCUT2D eigenvalue weighted by Crippen LogP contribution is -2.39. The first kappa shape index (κ1) is 16.9. The van der Waals surface area contributed by atoms with Gasteiger partial charge in [0, 0.05) is 32.0 Å². The van der Waals surface area contributed by atoms with Crippen LogP contribution in [-0.4, -0.2) is 68.5 Å². The summed E-state index contributed by atoms with van der Waals surface area (Å²) in [5.74, 6) is 0.535. The zero-order valence-electron chi connectivity index (χ0n) is 14.7. The molecule has 2 aromatic rings. The van der Waals surface area contributed by atoms with Crippen LogP contribution in [0.25, 0.3) is 0 Å². The van der Waals surface area contributed by atoms with Gasteiger partial charge < -0.3 is 19.6 Å². The van der Waals surface area contributed by atoms with Crippen LogP contribution < -0.4 is 4.90 Å². The SMILES string of the molecule is C[C@H](O)c1cc2n(n1)CCN(C(=O)c1cnc(N3CCOCC3)nc1)C2. The molecule has 2 aliphatic heterocycles. The minimum Gasteiger partial charge on any atom is -0.387 e. The molecule has 1 N–H and O–H groups in total. The maximum absolute atomic E-state index is 12.8. The lowest BCUT2D eigenvalue weighted by molar-refractivity contribution is 0.0704. The predicted octanol–water partition coefficient (Wildman–Crippen LogP) is 0.219. The molecule has 1 atom stereocenters. The summed E-state index contributed by atoms with van der Waals surface area (Å²) < 4.78 is 7.18. The van der Waals surface area contributed by atoms with E-state index in [1.807, 2.05) is 10.7 Å². The molecule has 0 radical (unpaired) electrons. The lowest BCUT2D eigenvalue weighted by Gasteiger charge is -2.28. The van der Waals surface area contributed by atoms with Gasteiger partial charge in [0.2, 0.25) is 5.95 Å². The molecule has 2 aliphatic rings. The van der Waals surface area contributed by atoms with Crippen molar-refractivity contribution in [2.75, 3.05) is 37.7 Å². The third-order valence-electron chi connectivity index (χ3n) is 4.71. The van der Waals surface area contributed by atoms with Gasteiger partial charge >= 0.3 is 0 Å². The summed E-state index contributed by atoms with van der Waals surface area (Å²) >= 11 is 0. The van der Waals surface area contributed by atoms with E-state index < -0.39 is 6.10 Å². The van der Waals surface area contributed by atoms with Crippen LogP contribution in [-0.2, 0) is 17.8 Å². The molecular weight excluding hydrogens is 336 g/mol. The number of aromatic nitrogens is 4. The van der Waals surface area contributed by atoms with Crippen LogP contribution in [0.2, 0.25) is 0 Å². The molecule has 26 heavy (non-hydrogen) atoms. The van der Waals surface area contributed by atoms with E-state index in [1.54, 1.807) is 24.2 Å². The van der Waals surface area contributed by atoms with E-state index in [1.165, 1.54) is 0 Å². The normalized spacial score (nSPS) is 18.5. The summed E-state index contributed by atoms with van der Waals surface area (Å²) in [7, 11) is 0. The number of ether oxygens (including phenoxy) is 1. The van der Waals surface area contributed by atoms with Crippen molar-refractivity contribution in [3.63, 3.8) is 0 Å². The van der Waals surface area contributed by atoms with E-state index >= 15 is 0 Å². The highest BCUT2D eigenvalue weighted by atomic mass is 16.5. The van der Waals surface area contributed by atoms with E-state index in [2.05, 4.69) is 20.0 Å². The molecule has 0 bridgehead atoms. The molecule has 1 saturated heterocycles. The van der Waals surface area contributed by atoms with Crippen molar-refractivity contribution < 1.29 is 14.6 Å². The third kappa shape index (κ3) is 3.27. The summed E-state index contributed by atoms with van der Waals surface area (Å²) in [5.41, 5.74) is 2.03. The minimum absolute atomic E-state index is 0.0930. The standard InChI is InChI=1S/C17H22N6O3/c1-12(24)15-8-14-11-22(2-3-23(14)20-15)16(25)13-9-18-17(19-10-13)21-4-6-26-7-5-21/h8-10,12,24H,2-7,11H2,1H3/t12-/m0/s1. The van der Waals surface area contributed by atoms with E-state index in [0.717, 1.165) is 18.8 Å². The third-order valence-corrected chi connectivity index (χ3v) is 4.71. The zero-order valence-corrected chi connectivity index (χ0v) is 14.7. The molecule has 1 fully saturated rings. The highest BCUT2D eigenvalue weighted by Gasteiger charge is 2.25. The van der Waals surface area contributed by atoms with Gasteiger partial charge in [-0.25, -0.2) is 9.97 Å². The molecule has 0 unspecified atom stereocenters. The lowest BCUT2D eigenvalue weighted by atomic mass is 10.2. The molecule has 0 aromatic carbocycles. The summed E-state index contributed by atoms with van der Waals surface area (Å²) in [6, 6.07) is 1.85. The Kier molecular flexibility index (Phi) is 4.56. The summed E-state index contributed by atoms with van der Waals surface area (Å²) in [5, 5.41) is 14.0. The summed E-state index contributed by atoms with van der Waals surface area (Å²) in [4.78, 5) is 25.3. The Morgan fingerprint density at radius 3 is 2.62 bits per heavy atom. The number of nitrogens with zero attached hydrogens (tertiary/aromatic N) is 6. The van der Waals surface area contributed by atoms with Gasteiger partial charge in [0.1, 0.15) is 0 Å². The number of hydrogen-bond acceptors (Lipinski definition) is 7. The van der Waals surface area contributed by atoms with E-state index in [-0.39, 0.29) is 5.91 Å². The predicted molar refractivity (Wildman–Crippen MR) is 92.7 cm³/mol. The minimum atomic E-state index is -0.613. The fourth-order valence-electron chi connectivity index (χ4n) is 3.21. The number of carbonyl (C=O) groups excluding carboxylic acids is 1. The molecule has 4 rings (SSSR count). The molecule has 1 amide bonds. The number of morpholine rings is 1. The van der Waals surface area contributed by atoms with Gasteiger partial charge in [-0.3, -0.25) is 9.48 Å². The number of carbonyl (C=O) groups is 1. The maximum atomic E-state index is 12.8. The number of anilines is 1. The molecule has 0 aliphatic carbocycles. The summed E-state index contributed by atoms with van der Waals surface area (Å²) in [6.45, 7) is 6.18. The van der Waals surface area contributed by atoms with Crippen LogP contribution >= 0.6 is 0 Å². The second kappa shape index (κ2) is 7.00. The highest BCUT2D eigenvalue weighted by molar-refractivity contribution is 5.93. The van der Waals surface area contributed by atoms with Gasteiger partial charge in [-0.2, -0.15) is 5.10 Å². The second-order valence-electron chi connectivity index (χ2n) is 6.56. The Morgan fingerprint density at radius 2 is 1.92 bits per heavy atom. The Balaban J connectivity index is 1.45. The number of fused-ring (bicyclic) bond motifs is 1. The van der Waals surface area contributed by atoms with Crippen molar-refractivity contribution in [3.05, 3.63) is 35.4 Å². The van der Waals surface area contributed by atoms with Crippen molar-refractivity contribution in [3.8, 4) is 0 Å². The largest absolute Gasteiger partial charge is 0.387 e. The fraction of sp³-hybridized carbons (Fsp3) is 0.529. The topological polar surface area (TPSA) is 96.6 Å². The van der Waals surface area contributed by atoms with Crippen molar-refractivity contribution in [2.24, 2.45) is 0 Å². The van der Waals surface area contributed by atoms with Crippen molar-refractivity contribution in [2.45, 2.75) is 26.1 Å². The quantitative estimate of drug-likeness (QED) is 0.838. The molecule has 2 aromatic heterocycles. The number of aliphatic hydroxyl groups excluding tert-OH is 1. The van der Waals surface area contributed by atoms with E-state index in [4.69, 9.17) is 4.74 Å². The Bertz CT molecular complexity index is 782. The first-order chi connectivity index (χ1) is 12.6. The number of rotatable bonds is 3. The van der Waals surface area contributed by atoms with Crippen molar-refractivity contribution in [1.82, 2.24) is 24.6 Å². The van der Waals surface area contributed by atoms with Gasteiger partial charge in [0.05, 0.1) is 49.4 Å². The summed E-state index contributed by atoms with van der Waals surface area (Å²) in [6.07, 6.45) is 2.57. The van der Waals surface area contributed by atoms with Gasteiger partial charge in [0.25, 0.3) is 5.91 Å².